The highest BCUT2D eigenvalue weighted by Gasteiger charge is 2.19. The second-order valence-corrected chi connectivity index (χ2v) is 4.60. The van der Waals surface area contributed by atoms with Crippen molar-refractivity contribution in [3.05, 3.63) is 53.6 Å². The molecule has 6 heteroatoms. The van der Waals surface area contributed by atoms with Gasteiger partial charge >= 0.3 is 0 Å². The normalized spacial score (nSPS) is 11.9. The Morgan fingerprint density at radius 1 is 0.909 bits per heavy atom. The van der Waals surface area contributed by atoms with Crippen molar-refractivity contribution in [1.29, 1.82) is 0 Å². The minimum absolute atomic E-state index is 0.0630. The summed E-state index contributed by atoms with van der Waals surface area (Å²) in [6.07, 6.45) is 0. The lowest BCUT2D eigenvalue weighted by Gasteiger charge is -2.16. The average Bonchev–Trinajstić information content (AvgIpc) is 2.52. The van der Waals surface area contributed by atoms with Gasteiger partial charge in [0.15, 0.2) is 0 Å². The van der Waals surface area contributed by atoms with Gasteiger partial charge in [-0.15, -0.1) is 0 Å². The molecule has 0 aliphatic rings. The second kappa shape index (κ2) is 7.09. The molecule has 0 radical (unpaired) electrons. The average molecular weight is 309 g/mol. The van der Waals surface area contributed by atoms with E-state index >= 15 is 0 Å². The Balaban J connectivity index is 2.07. The Labute approximate surface area is 127 Å². The number of rotatable bonds is 6. The molecule has 0 aliphatic heterocycles. The van der Waals surface area contributed by atoms with E-state index in [0.29, 0.717) is 11.5 Å². The van der Waals surface area contributed by atoms with Crippen LogP contribution in [0, 0.1) is 11.6 Å². The van der Waals surface area contributed by atoms with Crippen LogP contribution >= 0.6 is 0 Å². The maximum absolute atomic E-state index is 13.9. The molecule has 0 spiro atoms. The zero-order chi connectivity index (χ0) is 16.1. The Hall–Kier alpha value is -2.34. The van der Waals surface area contributed by atoms with Gasteiger partial charge in [0, 0.05) is 17.7 Å². The van der Waals surface area contributed by atoms with Crippen molar-refractivity contribution in [3.63, 3.8) is 0 Å². The van der Waals surface area contributed by atoms with Crippen LogP contribution in [0.2, 0.25) is 0 Å². The predicted octanol–water partition coefficient (Wildman–Crippen LogP) is 3.06. The molecule has 0 saturated heterocycles. The van der Waals surface area contributed by atoms with Gasteiger partial charge in [0.1, 0.15) is 35.5 Å². The van der Waals surface area contributed by atoms with Crippen LogP contribution in [0.25, 0.3) is 0 Å². The van der Waals surface area contributed by atoms with Crippen molar-refractivity contribution in [3.8, 4) is 17.2 Å². The first-order valence-electron chi connectivity index (χ1n) is 6.60. The highest BCUT2D eigenvalue weighted by Crippen LogP contribution is 2.25. The van der Waals surface area contributed by atoms with Crippen LogP contribution in [-0.4, -0.2) is 20.8 Å². The fourth-order valence-electron chi connectivity index (χ4n) is 1.97. The van der Waals surface area contributed by atoms with E-state index in [4.69, 9.17) is 19.9 Å². The largest absolute Gasteiger partial charge is 0.497 e. The van der Waals surface area contributed by atoms with Gasteiger partial charge in [-0.3, -0.25) is 0 Å². The predicted molar refractivity (Wildman–Crippen MR) is 78.3 cm³/mol. The third-order valence-electron chi connectivity index (χ3n) is 3.15. The van der Waals surface area contributed by atoms with Crippen molar-refractivity contribution in [2.24, 2.45) is 5.73 Å². The SMILES string of the molecule is COc1ccc(OCC(N)c2c(F)cc(OC)cc2F)cc1. The lowest BCUT2D eigenvalue weighted by molar-refractivity contribution is 0.283. The first-order valence-corrected chi connectivity index (χ1v) is 6.60. The zero-order valence-electron chi connectivity index (χ0n) is 12.3. The molecule has 2 aromatic carbocycles. The van der Waals surface area contributed by atoms with E-state index in [1.807, 2.05) is 0 Å². The van der Waals surface area contributed by atoms with Crippen LogP contribution < -0.4 is 19.9 Å². The molecule has 0 fully saturated rings. The number of hydrogen-bond acceptors (Lipinski definition) is 4. The molecule has 22 heavy (non-hydrogen) atoms. The third-order valence-corrected chi connectivity index (χ3v) is 3.15. The molecule has 2 aromatic rings. The molecule has 0 aromatic heterocycles. The molecule has 2 rings (SSSR count). The Morgan fingerprint density at radius 3 is 1.91 bits per heavy atom. The number of methoxy groups -OCH3 is 2. The molecule has 0 heterocycles. The third kappa shape index (κ3) is 3.65. The van der Waals surface area contributed by atoms with E-state index in [-0.39, 0.29) is 17.9 Å². The molecule has 1 atom stereocenters. The molecule has 2 N–H and O–H groups in total. The summed E-state index contributed by atoms with van der Waals surface area (Å²) in [4.78, 5) is 0. The van der Waals surface area contributed by atoms with Gasteiger partial charge in [0.2, 0.25) is 0 Å². The summed E-state index contributed by atoms with van der Waals surface area (Å²) in [5.74, 6) is -0.207. The van der Waals surface area contributed by atoms with Gasteiger partial charge in [-0.2, -0.15) is 0 Å². The van der Waals surface area contributed by atoms with Gasteiger partial charge in [-0.05, 0) is 24.3 Å². The molecule has 4 nitrogen and oxygen atoms in total. The molecular formula is C16H17F2NO3. The van der Waals surface area contributed by atoms with Crippen LogP contribution in [0.5, 0.6) is 17.2 Å². The Kier molecular flexibility index (Phi) is 5.16. The molecule has 1 unspecified atom stereocenters. The summed E-state index contributed by atoms with van der Waals surface area (Å²) < 4.78 is 43.1. The molecular weight excluding hydrogens is 292 g/mol. The summed E-state index contributed by atoms with van der Waals surface area (Å²) in [7, 11) is 2.89. The smallest absolute Gasteiger partial charge is 0.134 e. The number of ether oxygens (including phenoxy) is 3. The van der Waals surface area contributed by atoms with Crippen molar-refractivity contribution in [2.45, 2.75) is 6.04 Å². The van der Waals surface area contributed by atoms with Crippen molar-refractivity contribution in [2.75, 3.05) is 20.8 Å². The lowest BCUT2D eigenvalue weighted by atomic mass is 10.1. The highest BCUT2D eigenvalue weighted by atomic mass is 19.1. The zero-order valence-corrected chi connectivity index (χ0v) is 12.3. The molecule has 0 saturated carbocycles. The number of hydrogen-bond donors (Lipinski definition) is 1. The van der Waals surface area contributed by atoms with Crippen LogP contribution in [-0.2, 0) is 0 Å². The summed E-state index contributed by atoms with van der Waals surface area (Å²) in [5, 5.41) is 0. The lowest BCUT2D eigenvalue weighted by Crippen LogP contribution is -2.21. The maximum Gasteiger partial charge on any atom is 0.134 e. The number of halogens is 2. The maximum atomic E-state index is 13.9. The van der Waals surface area contributed by atoms with Crippen molar-refractivity contribution < 1.29 is 23.0 Å². The molecule has 0 bridgehead atoms. The van der Waals surface area contributed by atoms with E-state index in [2.05, 4.69) is 0 Å². The van der Waals surface area contributed by atoms with Crippen LogP contribution in [0.15, 0.2) is 36.4 Å². The quantitative estimate of drug-likeness (QED) is 0.891. The van der Waals surface area contributed by atoms with E-state index in [9.17, 15) is 8.78 Å². The summed E-state index contributed by atoms with van der Waals surface area (Å²) in [5.41, 5.74) is 5.59. The first-order chi connectivity index (χ1) is 10.5. The summed E-state index contributed by atoms with van der Waals surface area (Å²) >= 11 is 0. The minimum Gasteiger partial charge on any atom is -0.497 e. The fraction of sp³-hybridized carbons (Fsp3) is 0.250. The van der Waals surface area contributed by atoms with Gasteiger partial charge in [0.05, 0.1) is 20.3 Å². The van der Waals surface area contributed by atoms with Crippen LogP contribution in [0.3, 0.4) is 0 Å². The van der Waals surface area contributed by atoms with Gasteiger partial charge in [0.25, 0.3) is 0 Å². The fourth-order valence-corrected chi connectivity index (χ4v) is 1.97. The van der Waals surface area contributed by atoms with E-state index in [1.165, 1.54) is 7.11 Å². The van der Waals surface area contributed by atoms with Gasteiger partial charge in [-0.1, -0.05) is 0 Å². The van der Waals surface area contributed by atoms with Crippen LogP contribution in [0.1, 0.15) is 11.6 Å². The first kappa shape index (κ1) is 16.0. The van der Waals surface area contributed by atoms with E-state index < -0.39 is 17.7 Å². The van der Waals surface area contributed by atoms with Crippen molar-refractivity contribution >= 4 is 0 Å². The van der Waals surface area contributed by atoms with Crippen molar-refractivity contribution in [1.82, 2.24) is 0 Å². The summed E-state index contributed by atoms with van der Waals surface area (Å²) in [6.45, 7) is -0.0630. The molecule has 0 amide bonds. The van der Waals surface area contributed by atoms with Crippen LogP contribution in [0.4, 0.5) is 8.78 Å². The molecule has 118 valence electrons. The van der Waals surface area contributed by atoms with Gasteiger partial charge < -0.3 is 19.9 Å². The van der Waals surface area contributed by atoms with E-state index in [1.54, 1.807) is 31.4 Å². The monoisotopic (exact) mass is 309 g/mol. The molecule has 0 aliphatic carbocycles. The Bertz CT molecular complexity index is 609. The van der Waals surface area contributed by atoms with E-state index in [0.717, 1.165) is 12.1 Å². The van der Waals surface area contributed by atoms with Gasteiger partial charge in [-0.25, -0.2) is 8.78 Å². The second-order valence-electron chi connectivity index (χ2n) is 4.60. The standard InChI is InChI=1S/C16H17F2NO3/c1-20-10-3-5-11(6-4-10)22-9-15(19)16-13(17)7-12(21-2)8-14(16)18/h3-8,15H,9,19H2,1-2H3. The summed E-state index contributed by atoms with van der Waals surface area (Å²) in [6, 6.07) is 8.05. The highest BCUT2D eigenvalue weighted by molar-refractivity contribution is 5.33. The number of nitrogens with two attached hydrogens (primary N) is 1. The number of benzene rings is 2. The topological polar surface area (TPSA) is 53.7 Å². The minimum atomic E-state index is -0.937. The Morgan fingerprint density at radius 2 is 1.41 bits per heavy atom.